The minimum absolute atomic E-state index is 0.0524. The molecule has 1 amide bonds. The van der Waals surface area contributed by atoms with Gasteiger partial charge in [-0.25, -0.2) is 0 Å². The molecule has 0 aliphatic rings. The molecule has 6 nitrogen and oxygen atoms in total. The van der Waals surface area contributed by atoms with Crippen LogP contribution in [-0.2, 0) is 4.79 Å². The van der Waals surface area contributed by atoms with E-state index in [2.05, 4.69) is 33.0 Å². The van der Waals surface area contributed by atoms with Crippen LogP contribution in [0.4, 0.5) is 0 Å². The average Bonchev–Trinajstić information content (AvgIpc) is 3.21. The Morgan fingerprint density at radius 1 is 1.04 bits per heavy atom. The maximum atomic E-state index is 12.4. The van der Waals surface area contributed by atoms with Crippen LogP contribution in [0.15, 0.2) is 78.0 Å². The van der Waals surface area contributed by atoms with Gasteiger partial charge in [0.1, 0.15) is 0 Å². The summed E-state index contributed by atoms with van der Waals surface area (Å²) in [6, 6.07) is 23.9. The average molecular weight is 389 g/mol. The monoisotopic (exact) mass is 389 g/mol. The lowest BCUT2D eigenvalue weighted by Crippen LogP contribution is -2.28. The van der Waals surface area contributed by atoms with Gasteiger partial charge in [-0.05, 0) is 34.4 Å². The molecule has 1 unspecified atom stereocenters. The van der Waals surface area contributed by atoms with Crippen molar-refractivity contribution in [3.63, 3.8) is 0 Å². The number of amides is 1. The number of nitrogens with one attached hydrogen (secondary N) is 1. The van der Waals surface area contributed by atoms with E-state index < -0.39 is 0 Å². The Labute approximate surface area is 167 Å². The third kappa shape index (κ3) is 3.89. The fourth-order valence-electron chi connectivity index (χ4n) is 3.05. The molecule has 4 aromatic rings. The van der Waals surface area contributed by atoms with Gasteiger partial charge in [-0.3, -0.25) is 4.79 Å². The van der Waals surface area contributed by atoms with E-state index in [0.29, 0.717) is 5.16 Å². The SMILES string of the molecule is CC(NC(=O)CSc1nnnn1-c1cccc2ccccc12)c1ccccc1. The second-order valence-electron chi connectivity index (χ2n) is 6.36. The Hall–Kier alpha value is -3.19. The first-order chi connectivity index (χ1) is 13.7. The number of aromatic nitrogens is 4. The molecular weight excluding hydrogens is 370 g/mol. The van der Waals surface area contributed by atoms with Crippen LogP contribution in [0.1, 0.15) is 18.5 Å². The number of thioether (sulfide) groups is 1. The van der Waals surface area contributed by atoms with Gasteiger partial charge in [0.15, 0.2) is 0 Å². The van der Waals surface area contributed by atoms with Gasteiger partial charge in [-0.2, -0.15) is 4.68 Å². The molecule has 1 heterocycles. The predicted octanol–water partition coefficient (Wildman–Crippen LogP) is 3.79. The Kier molecular flexibility index (Phi) is 5.34. The summed E-state index contributed by atoms with van der Waals surface area (Å²) in [5, 5.41) is 17.8. The molecule has 1 N–H and O–H groups in total. The van der Waals surface area contributed by atoms with Crippen LogP contribution in [0.25, 0.3) is 16.5 Å². The topological polar surface area (TPSA) is 72.7 Å². The van der Waals surface area contributed by atoms with Crippen molar-refractivity contribution >= 4 is 28.4 Å². The summed E-state index contributed by atoms with van der Waals surface area (Å²) >= 11 is 1.32. The van der Waals surface area contributed by atoms with Crippen molar-refractivity contribution in [1.29, 1.82) is 0 Å². The Bertz CT molecular complexity index is 1090. The Morgan fingerprint density at radius 2 is 1.79 bits per heavy atom. The van der Waals surface area contributed by atoms with Crippen LogP contribution in [0.5, 0.6) is 0 Å². The third-order valence-corrected chi connectivity index (χ3v) is 5.36. The zero-order valence-electron chi connectivity index (χ0n) is 15.3. The quantitative estimate of drug-likeness (QED) is 0.508. The summed E-state index contributed by atoms with van der Waals surface area (Å²) in [6.45, 7) is 1.97. The van der Waals surface area contributed by atoms with Gasteiger partial charge in [0.2, 0.25) is 11.1 Å². The highest BCUT2D eigenvalue weighted by Crippen LogP contribution is 2.25. The number of carbonyl (C=O) groups excluding carboxylic acids is 1. The molecule has 0 bridgehead atoms. The number of rotatable bonds is 6. The van der Waals surface area contributed by atoms with Gasteiger partial charge in [-0.1, -0.05) is 78.5 Å². The smallest absolute Gasteiger partial charge is 0.230 e. The summed E-state index contributed by atoms with van der Waals surface area (Å²) in [5.41, 5.74) is 1.96. The lowest BCUT2D eigenvalue weighted by molar-refractivity contribution is -0.119. The van der Waals surface area contributed by atoms with Gasteiger partial charge < -0.3 is 5.32 Å². The van der Waals surface area contributed by atoms with Gasteiger partial charge >= 0.3 is 0 Å². The van der Waals surface area contributed by atoms with Crippen molar-refractivity contribution in [1.82, 2.24) is 25.5 Å². The van der Waals surface area contributed by atoms with Gasteiger partial charge in [0.05, 0.1) is 17.5 Å². The summed E-state index contributed by atoms with van der Waals surface area (Å²) in [5.74, 6) is 0.177. The highest BCUT2D eigenvalue weighted by molar-refractivity contribution is 7.99. The van der Waals surface area contributed by atoms with Crippen LogP contribution in [0, 0.1) is 0 Å². The van der Waals surface area contributed by atoms with Gasteiger partial charge in [-0.15, -0.1) is 5.10 Å². The molecule has 0 spiro atoms. The maximum Gasteiger partial charge on any atom is 0.230 e. The summed E-state index contributed by atoms with van der Waals surface area (Å²) in [7, 11) is 0. The number of tetrazole rings is 1. The molecule has 7 heteroatoms. The van der Waals surface area contributed by atoms with Crippen LogP contribution in [0.2, 0.25) is 0 Å². The second-order valence-corrected chi connectivity index (χ2v) is 7.30. The minimum atomic E-state index is -0.0613. The van der Waals surface area contributed by atoms with Crippen molar-refractivity contribution in [3.05, 3.63) is 78.4 Å². The standard InChI is InChI=1S/C21H19N5OS/c1-15(16-8-3-2-4-9-16)22-20(27)14-28-21-23-24-25-26(21)19-13-7-11-17-10-5-6-12-18(17)19/h2-13,15H,14H2,1H3,(H,22,27). The van der Waals surface area contributed by atoms with Crippen molar-refractivity contribution in [2.45, 2.75) is 18.1 Å². The molecule has 4 rings (SSSR count). The lowest BCUT2D eigenvalue weighted by Gasteiger charge is -2.14. The first-order valence-electron chi connectivity index (χ1n) is 8.96. The minimum Gasteiger partial charge on any atom is -0.349 e. The Balaban J connectivity index is 1.47. The van der Waals surface area contributed by atoms with Crippen LogP contribution >= 0.6 is 11.8 Å². The fraction of sp³-hybridized carbons (Fsp3) is 0.143. The first kappa shape index (κ1) is 18.2. The zero-order valence-corrected chi connectivity index (χ0v) is 16.1. The molecule has 1 aromatic heterocycles. The molecule has 0 fully saturated rings. The number of hydrogen-bond acceptors (Lipinski definition) is 5. The molecule has 0 saturated carbocycles. The van der Waals surface area contributed by atoms with Crippen molar-refractivity contribution in [2.75, 3.05) is 5.75 Å². The van der Waals surface area contributed by atoms with E-state index in [1.807, 2.05) is 67.6 Å². The summed E-state index contributed by atoms with van der Waals surface area (Å²) in [4.78, 5) is 12.4. The summed E-state index contributed by atoms with van der Waals surface area (Å²) < 4.78 is 1.68. The third-order valence-electron chi connectivity index (χ3n) is 4.45. The molecule has 0 aliphatic heterocycles. The highest BCUT2D eigenvalue weighted by atomic mass is 32.2. The van der Waals surface area contributed by atoms with Gasteiger partial charge in [0, 0.05) is 5.39 Å². The molecule has 0 radical (unpaired) electrons. The number of carbonyl (C=O) groups is 1. The van der Waals surface area contributed by atoms with Crippen molar-refractivity contribution in [3.8, 4) is 5.69 Å². The van der Waals surface area contributed by atoms with E-state index in [-0.39, 0.29) is 17.7 Å². The number of fused-ring (bicyclic) bond motifs is 1. The van der Waals surface area contributed by atoms with E-state index in [1.54, 1.807) is 4.68 Å². The lowest BCUT2D eigenvalue weighted by atomic mass is 10.1. The zero-order chi connectivity index (χ0) is 19.3. The first-order valence-corrected chi connectivity index (χ1v) is 9.94. The van der Waals surface area contributed by atoms with E-state index in [1.165, 1.54) is 11.8 Å². The molecular formula is C21H19N5OS. The van der Waals surface area contributed by atoms with E-state index in [9.17, 15) is 4.79 Å². The number of hydrogen-bond donors (Lipinski definition) is 1. The molecule has 0 saturated heterocycles. The fourth-order valence-corrected chi connectivity index (χ4v) is 3.75. The predicted molar refractivity (Wildman–Crippen MR) is 110 cm³/mol. The van der Waals surface area contributed by atoms with E-state index >= 15 is 0 Å². The van der Waals surface area contributed by atoms with Gasteiger partial charge in [0.25, 0.3) is 0 Å². The highest BCUT2D eigenvalue weighted by Gasteiger charge is 2.15. The largest absolute Gasteiger partial charge is 0.349 e. The maximum absolute atomic E-state index is 12.4. The van der Waals surface area contributed by atoms with E-state index in [0.717, 1.165) is 22.0 Å². The van der Waals surface area contributed by atoms with Crippen molar-refractivity contribution < 1.29 is 4.79 Å². The Morgan fingerprint density at radius 3 is 2.64 bits per heavy atom. The molecule has 140 valence electrons. The second kappa shape index (κ2) is 8.22. The number of nitrogens with zero attached hydrogens (tertiary/aromatic N) is 4. The molecule has 28 heavy (non-hydrogen) atoms. The van der Waals surface area contributed by atoms with Crippen LogP contribution in [0.3, 0.4) is 0 Å². The van der Waals surface area contributed by atoms with Crippen molar-refractivity contribution in [2.24, 2.45) is 0 Å². The normalized spacial score (nSPS) is 12.0. The number of benzene rings is 3. The molecule has 0 aliphatic carbocycles. The molecule has 3 aromatic carbocycles. The summed E-state index contributed by atoms with van der Waals surface area (Å²) in [6.07, 6.45) is 0. The van der Waals surface area contributed by atoms with Crippen LogP contribution < -0.4 is 5.32 Å². The van der Waals surface area contributed by atoms with Crippen LogP contribution in [-0.4, -0.2) is 31.9 Å². The van der Waals surface area contributed by atoms with E-state index in [4.69, 9.17) is 0 Å². The molecule has 1 atom stereocenters.